The largest absolute Gasteiger partial charge is 0.489 e. The van der Waals surface area contributed by atoms with Crippen LogP contribution >= 0.6 is 0 Å². The molecule has 2 nitrogen and oxygen atoms in total. The third kappa shape index (κ3) is 4.39. The highest BCUT2D eigenvalue weighted by Crippen LogP contribution is 2.21. The van der Waals surface area contributed by atoms with Crippen molar-refractivity contribution < 1.29 is 4.74 Å². The summed E-state index contributed by atoms with van der Waals surface area (Å²) < 4.78 is 6.05. The summed E-state index contributed by atoms with van der Waals surface area (Å²) in [5, 5.41) is 3.46. The van der Waals surface area contributed by atoms with E-state index in [4.69, 9.17) is 4.74 Å². The Kier molecular flexibility index (Phi) is 5.17. The van der Waals surface area contributed by atoms with Gasteiger partial charge in [0, 0.05) is 17.8 Å². The fourth-order valence-electron chi connectivity index (χ4n) is 2.62. The molecule has 0 saturated carbocycles. The number of anilines is 1. The SMILES string of the molecule is Cc1ccc(NCc2ccccc2OCc2cccc(C)c2)cc1. The molecule has 0 heterocycles. The predicted molar refractivity (Wildman–Crippen MR) is 100 cm³/mol. The minimum Gasteiger partial charge on any atom is -0.489 e. The first-order valence-corrected chi connectivity index (χ1v) is 8.27. The Morgan fingerprint density at radius 1 is 0.792 bits per heavy atom. The van der Waals surface area contributed by atoms with E-state index in [1.165, 1.54) is 16.7 Å². The lowest BCUT2D eigenvalue weighted by Crippen LogP contribution is -2.03. The smallest absolute Gasteiger partial charge is 0.124 e. The van der Waals surface area contributed by atoms with Gasteiger partial charge in [-0.2, -0.15) is 0 Å². The number of para-hydroxylation sites is 1. The second-order valence-corrected chi connectivity index (χ2v) is 6.11. The van der Waals surface area contributed by atoms with Crippen LogP contribution in [-0.4, -0.2) is 0 Å². The van der Waals surface area contributed by atoms with Crippen LogP contribution in [-0.2, 0) is 13.2 Å². The lowest BCUT2D eigenvalue weighted by atomic mass is 10.1. The van der Waals surface area contributed by atoms with E-state index >= 15 is 0 Å². The molecule has 0 aliphatic heterocycles. The monoisotopic (exact) mass is 317 g/mol. The molecule has 0 radical (unpaired) electrons. The normalized spacial score (nSPS) is 10.4. The second-order valence-electron chi connectivity index (χ2n) is 6.11. The topological polar surface area (TPSA) is 21.3 Å². The van der Waals surface area contributed by atoms with Gasteiger partial charge in [0.1, 0.15) is 12.4 Å². The maximum atomic E-state index is 6.05. The van der Waals surface area contributed by atoms with Gasteiger partial charge in [-0.3, -0.25) is 0 Å². The molecule has 0 atom stereocenters. The summed E-state index contributed by atoms with van der Waals surface area (Å²) in [6.45, 7) is 5.53. The van der Waals surface area contributed by atoms with Gasteiger partial charge >= 0.3 is 0 Å². The Labute approximate surface area is 144 Å². The fraction of sp³-hybridized carbons (Fsp3) is 0.182. The number of nitrogens with one attached hydrogen (secondary N) is 1. The Morgan fingerprint density at radius 3 is 2.38 bits per heavy atom. The molecule has 0 bridgehead atoms. The van der Waals surface area contributed by atoms with Crippen molar-refractivity contribution in [1.29, 1.82) is 0 Å². The molecular weight excluding hydrogens is 294 g/mol. The van der Waals surface area contributed by atoms with Gasteiger partial charge in [0.25, 0.3) is 0 Å². The molecule has 24 heavy (non-hydrogen) atoms. The second kappa shape index (κ2) is 7.69. The van der Waals surface area contributed by atoms with Gasteiger partial charge in [-0.05, 0) is 37.6 Å². The van der Waals surface area contributed by atoms with Crippen molar-refractivity contribution in [1.82, 2.24) is 0 Å². The average Bonchev–Trinajstić information content (AvgIpc) is 2.60. The zero-order chi connectivity index (χ0) is 16.8. The molecule has 3 aromatic carbocycles. The van der Waals surface area contributed by atoms with Crippen molar-refractivity contribution in [2.24, 2.45) is 0 Å². The number of rotatable bonds is 6. The summed E-state index contributed by atoms with van der Waals surface area (Å²) in [6, 6.07) is 25.1. The molecule has 2 heteroatoms. The van der Waals surface area contributed by atoms with Gasteiger partial charge in [0.2, 0.25) is 0 Å². The van der Waals surface area contributed by atoms with Crippen LogP contribution in [0.3, 0.4) is 0 Å². The van der Waals surface area contributed by atoms with E-state index in [1.54, 1.807) is 0 Å². The predicted octanol–water partition coefficient (Wildman–Crippen LogP) is 5.49. The number of hydrogen-bond donors (Lipinski definition) is 1. The van der Waals surface area contributed by atoms with E-state index in [2.05, 4.69) is 73.8 Å². The minimum absolute atomic E-state index is 0.587. The van der Waals surface area contributed by atoms with Crippen LogP contribution < -0.4 is 10.1 Å². The fourth-order valence-corrected chi connectivity index (χ4v) is 2.62. The number of benzene rings is 3. The molecule has 122 valence electrons. The molecule has 0 aromatic heterocycles. The number of aryl methyl sites for hydroxylation is 2. The van der Waals surface area contributed by atoms with Gasteiger partial charge in [-0.15, -0.1) is 0 Å². The highest BCUT2D eigenvalue weighted by Gasteiger charge is 2.04. The first-order chi connectivity index (χ1) is 11.7. The van der Waals surface area contributed by atoms with Crippen LogP contribution in [0.1, 0.15) is 22.3 Å². The molecule has 0 fully saturated rings. The Balaban J connectivity index is 1.65. The molecule has 0 amide bonds. The van der Waals surface area contributed by atoms with Crippen molar-refractivity contribution in [3.63, 3.8) is 0 Å². The maximum absolute atomic E-state index is 6.05. The Hall–Kier alpha value is -2.74. The first-order valence-electron chi connectivity index (χ1n) is 8.27. The van der Waals surface area contributed by atoms with Crippen molar-refractivity contribution >= 4 is 5.69 Å². The summed E-state index contributed by atoms with van der Waals surface area (Å²) in [5.74, 6) is 0.929. The van der Waals surface area contributed by atoms with E-state index in [-0.39, 0.29) is 0 Å². The van der Waals surface area contributed by atoms with Crippen LogP contribution in [0.2, 0.25) is 0 Å². The molecule has 0 spiro atoms. The van der Waals surface area contributed by atoms with Crippen LogP contribution in [0.25, 0.3) is 0 Å². The number of hydrogen-bond acceptors (Lipinski definition) is 2. The van der Waals surface area contributed by atoms with Crippen LogP contribution in [0, 0.1) is 13.8 Å². The third-order valence-corrected chi connectivity index (χ3v) is 3.98. The minimum atomic E-state index is 0.587. The van der Waals surface area contributed by atoms with E-state index in [9.17, 15) is 0 Å². The van der Waals surface area contributed by atoms with Crippen molar-refractivity contribution in [3.8, 4) is 5.75 Å². The van der Waals surface area contributed by atoms with E-state index < -0.39 is 0 Å². The van der Waals surface area contributed by atoms with E-state index in [0.29, 0.717) is 6.61 Å². The van der Waals surface area contributed by atoms with E-state index in [1.807, 2.05) is 18.2 Å². The molecule has 3 aromatic rings. The Bertz CT molecular complexity index is 793. The summed E-state index contributed by atoms with van der Waals surface area (Å²) >= 11 is 0. The average molecular weight is 317 g/mol. The zero-order valence-electron chi connectivity index (χ0n) is 14.3. The van der Waals surface area contributed by atoms with Gasteiger partial charge < -0.3 is 10.1 Å². The van der Waals surface area contributed by atoms with Gasteiger partial charge in [0.15, 0.2) is 0 Å². The van der Waals surface area contributed by atoms with Crippen molar-refractivity contribution in [2.75, 3.05) is 5.32 Å². The quantitative estimate of drug-likeness (QED) is 0.648. The van der Waals surface area contributed by atoms with Crippen LogP contribution in [0.5, 0.6) is 5.75 Å². The molecule has 3 rings (SSSR count). The highest BCUT2D eigenvalue weighted by molar-refractivity contribution is 5.46. The van der Waals surface area contributed by atoms with Crippen LogP contribution in [0.4, 0.5) is 5.69 Å². The maximum Gasteiger partial charge on any atom is 0.124 e. The van der Waals surface area contributed by atoms with Crippen molar-refractivity contribution in [3.05, 3.63) is 95.1 Å². The molecule has 0 saturated heterocycles. The molecular formula is C22H23NO. The lowest BCUT2D eigenvalue weighted by molar-refractivity contribution is 0.303. The summed E-state index contributed by atoms with van der Waals surface area (Å²) in [5.41, 5.74) is 5.99. The van der Waals surface area contributed by atoms with Gasteiger partial charge in [-0.25, -0.2) is 0 Å². The highest BCUT2D eigenvalue weighted by atomic mass is 16.5. The lowest BCUT2D eigenvalue weighted by Gasteiger charge is -2.13. The molecule has 0 aliphatic rings. The molecule has 0 unspecified atom stereocenters. The Morgan fingerprint density at radius 2 is 1.58 bits per heavy atom. The van der Waals surface area contributed by atoms with E-state index in [0.717, 1.165) is 23.5 Å². The van der Waals surface area contributed by atoms with Gasteiger partial charge in [-0.1, -0.05) is 65.7 Å². The number of ether oxygens (including phenoxy) is 1. The van der Waals surface area contributed by atoms with Crippen LogP contribution in [0.15, 0.2) is 72.8 Å². The summed E-state index contributed by atoms with van der Waals surface area (Å²) in [7, 11) is 0. The molecule has 0 aliphatic carbocycles. The van der Waals surface area contributed by atoms with Gasteiger partial charge in [0.05, 0.1) is 0 Å². The first kappa shape index (κ1) is 16.1. The third-order valence-electron chi connectivity index (χ3n) is 3.98. The zero-order valence-corrected chi connectivity index (χ0v) is 14.3. The molecule has 1 N–H and O–H groups in total. The van der Waals surface area contributed by atoms with Crippen molar-refractivity contribution in [2.45, 2.75) is 27.0 Å². The summed E-state index contributed by atoms with van der Waals surface area (Å²) in [6.07, 6.45) is 0. The summed E-state index contributed by atoms with van der Waals surface area (Å²) in [4.78, 5) is 0. The standard InChI is InChI=1S/C22H23NO/c1-17-10-12-21(13-11-17)23-15-20-8-3-4-9-22(20)24-16-19-7-5-6-18(2)14-19/h3-14,23H,15-16H2,1-2H3.